The number of hydrogen-bond donors (Lipinski definition) is 3. The van der Waals surface area contributed by atoms with Crippen molar-refractivity contribution in [3.63, 3.8) is 0 Å². The highest BCUT2D eigenvalue weighted by atomic mass is 16.5. The van der Waals surface area contributed by atoms with E-state index >= 15 is 0 Å². The van der Waals surface area contributed by atoms with Crippen molar-refractivity contribution in [3.05, 3.63) is 33.1 Å². The molecule has 88 valence electrons. The number of nitrogens with one attached hydrogen (secondary N) is 1. The van der Waals surface area contributed by atoms with E-state index in [1.165, 1.54) is 12.3 Å². The molecule has 1 aliphatic heterocycles. The Morgan fingerprint density at radius 2 is 2.31 bits per heavy atom. The first-order chi connectivity index (χ1) is 7.61. The van der Waals surface area contributed by atoms with E-state index in [1.54, 1.807) is 0 Å². The van der Waals surface area contributed by atoms with Gasteiger partial charge in [-0.25, -0.2) is 4.79 Å². The van der Waals surface area contributed by atoms with Crippen molar-refractivity contribution in [2.75, 3.05) is 6.61 Å². The van der Waals surface area contributed by atoms with Crippen LogP contribution in [0.15, 0.2) is 21.9 Å². The zero-order chi connectivity index (χ0) is 11.7. The summed E-state index contributed by atoms with van der Waals surface area (Å²) < 4.78 is 6.37. The monoisotopic (exact) mass is 228 g/mol. The summed E-state index contributed by atoms with van der Waals surface area (Å²) in [4.78, 5) is 24.3. The SMILES string of the molecule is O=c1ccn([C@H]2OC(CO)C[C@@H]2O)c(=O)[nH]1. The summed E-state index contributed by atoms with van der Waals surface area (Å²) in [5.41, 5.74) is -1.15. The lowest BCUT2D eigenvalue weighted by Gasteiger charge is -2.16. The molecule has 0 aliphatic carbocycles. The molecule has 0 bridgehead atoms. The van der Waals surface area contributed by atoms with E-state index in [9.17, 15) is 14.7 Å². The van der Waals surface area contributed by atoms with E-state index in [-0.39, 0.29) is 13.0 Å². The fourth-order valence-electron chi connectivity index (χ4n) is 1.73. The number of aliphatic hydroxyl groups excluding tert-OH is 2. The molecule has 1 unspecified atom stereocenters. The molecule has 1 aromatic rings. The van der Waals surface area contributed by atoms with Gasteiger partial charge >= 0.3 is 5.69 Å². The van der Waals surface area contributed by atoms with Gasteiger partial charge in [0.2, 0.25) is 0 Å². The van der Waals surface area contributed by atoms with Crippen LogP contribution in [0.25, 0.3) is 0 Å². The third-order valence-electron chi connectivity index (χ3n) is 2.49. The van der Waals surface area contributed by atoms with Gasteiger partial charge in [-0.3, -0.25) is 14.3 Å². The van der Waals surface area contributed by atoms with Crippen LogP contribution in [0.1, 0.15) is 12.6 Å². The minimum Gasteiger partial charge on any atom is -0.394 e. The van der Waals surface area contributed by atoms with Crippen LogP contribution in [0.4, 0.5) is 0 Å². The number of hydrogen-bond acceptors (Lipinski definition) is 5. The summed E-state index contributed by atoms with van der Waals surface area (Å²) in [6, 6.07) is 1.17. The van der Waals surface area contributed by atoms with E-state index in [0.29, 0.717) is 0 Å². The van der Waals surface area contributed by atoms with Crippen LogP contribution in [-0.4, -0.2) is 38.6 Å². The van der Waals surface area contributed by atoms with Gasteiger partial charge in [0.25, 0.3) is 5.56 Å². The molecule has 1 saturated heterocycles. The maximum atomic E-state index is 11.4. The Morgan fingerprint density at radius 3 is 2.88 bits per heavy atom. The van der Waals surface area contributed by atoms with Gasteiger partial charge in [0.05, 0.1) is 12.7 Å². The molecule has 2 heterocycles. The van der Waals surface area contributed by atoms with Crippen molar-refractivity contribution < 1.29 is 14.9 Å². The third kappa shape index (κ3) is 1.92. The fourth-order valence-corrected chi connectivity index (χ4v) is 1.73. The lowest BCUT2D eigenvalue weighted by Crippen LogP contribution is -2.34. The Bertz CT molecular complexity index is 479. The van der Waals surface area contributed by atoms with E-state index in [4.69, 9.17) is 9.84 Å². The van der Waals surface area contributed by atoms with Crippen LogP contribution in [0, 0.1) is 0 Å². The van der Waals surface area contributed by atoms with Gasteiger partial charge in [-0.15, -0.1) is 0 Å². The number of aromatic nitrogens is 2. The van der Waals surface area contributed by atoms with Crippen molar-refractivity contribution >= 4 is 0 Å². The predicted octanol–water partition coefficient (Wildman–Crippen LogP) is -1.82. The lowest BCUT2D eigenvalue weighted by molar-refractivity contribution is -0.0530. The minimum atomic E-state index is -0.874. The Labute approximate surface area is 89.9 Å². The van der Waals surface area contributed by atoms with Gasteiger partial charge in [-0.05, 0) is 0 Å². The molecule has 16 heavy (non-hydrogen) atoms. The maximum Gasteiger partial charge on any atom is 0.330 e. The van der Waals surface area contributed by atoms with Crippen molar-refractivity contribution in [1.29, 1.82) is 0 Å². The zero-order valence-corrected chi connectivity index (χ0v) is 8.37. The summed E-state index contributed by atoms with van der Waals surface area (Å²) in [6.07, 6.45) is -0.706. The van der Waals surface area contributed by atoms with Crippen LogP contribution >= 0.6 is 0 Å². The zero-order valence-electron chi connectivity index (χ0n) is 8.37. The minimum absolute atomic E-state index is 0.217. The van der Waals surface area contributed by atoms with Gasteiger partial charge in [0.1, 0.15) is 6.10 Å². The molecule has 0 saturated carbocycles. The molecule has 7 nitrogen and oxygen atoms in total. The van der Waals surface area contributed by atoms with Crippen LogP contribution in [0.2, 0.25) is 0 Å². The lowest BCUT2D eigenvalue weighted by atomic mass is 10.2. The summed E-state index contributed by atoms with van der Waals surface area (Å²) in [5, 5.41) is 18.5. The first kappa shape index (κ1) is 11.1. The molecule has 1 fully saturated rings. The first-order valence-corrected chi connectivity index (χ1v) is 4.87. The van der Waals surface area contributed by atoms with Crippen molar-refractivity contribution in [3.8, 4) is 0 Å². The topological polar surface area (TPSA) is 105 Å². The molecule has 0 aromatic carbocycles. The van der Waals surface area contributed by atoms with Crippen molar-refractivity contribution in [2.45, 2.75) is 24.9 Å². The molecule has 1 aromatic heterocycles. The summed E-state index contributed by atoms with van der Waals surface area (Å²) in [5.74, 6) is 0. The molecule has 0 spiro atoms. The van der Waals surface area contributed by atoms with Gasteiger partial charge in [0, 0.05) is 18.7 Å². The number of H-pyrrole nitrogens is 1. The number of rotatable bonds is 2. The Hall–Kier alpha value is -1.44. The van der Waals surface area contributed by atoms with Crippen LogP contribution in [0.5, 0.6) is 0 Å². The predicted molar refractivity (Wildman–Crippen MR) is 52.9 cm³/mol. The highest BCUT2D eigenvalue weighted by Crippen LogP contribution is 2.26. The highest BCUT2D eigenvalue weighted by molar-refractivity contribution is 4.88. The molecule has 7 heteroatoms. The molecule has 0 amide bonds. The smallest absolute Gasteiger partial charge is 0.330 e. The maximum absolute atomic E-state index is 11.4. The third-order valence-corrected chi connectivity index (χ3v) is 2.49. The van der Waals surface area contributed by atoms with Gasteiger partial charge in [-0.2, -0.15) is 0 Å². The molecule has 3 atom stereocenters. The Morgan fingerprint density at radius 1 is 1.56 bits per heavy atom. The summed E-state index contributed by atoms with van der Waals surface area (Å²) in [6.45, 7) is -0.217. The summed E-state index contributed by atoms with van der Waals surface area (Å²) in [7, 11) is 0. The van der Waals surface area contributed by atoms with Gasteiger partial charge in [-0.1, -0.05) is 0 Å². The number of aromatic amines is 1. The molecular formula is C9H12N2O5. The van der Waals surface area contributed by atoms with Crippen LogP contribution < -0.4 is 11.2 Å². The molecule has 1 aliphatic rings. The van der Waals surface area contributed by atoms with Crippen LogP contribution in [0.3, 0.4) is 0 Å². The highest BCUT2D eigenvalue weighted by Gasteiger charge is 2.35. The molecular weight excluding hydrogens is 216 g/mol. The van der Waals surface area contributed by atoms with E-state index < -0.39 is 29.7 Å². The second-order valence-electron chi connectivity index (χ2n) is 3.65. The molecule has 3 N–H and O–H groups in total. The fraction of sp³-hybridized carbons (Fsp3) is 0.556. The van der Waals surface area contributed by atoms with E-state index in [2.05, 4.69) is 4.98 Å². The average molecular weight is 228 g/mol. The largest absolute Gasteiger partial charge is 0.394 e. The second-order valence-corrected chi connectivity index (χ2v) is 3.65. The Balaban J connectivity index is 2.31. The molecule has 0 radical (unpaired) electrons. The van der Waals surface area contributed by atoms with Crippen LogP contribution in [-0.2, 0) is 4.74 Å². The number of ether oxygens (including phenoxy) is 1. The van der Waals surface area contributed by atoms with E-state index in [1.807, 2.05) is 0 Å². The van der Waals surface area contributed by atoms with Gasteiger partial charge in [0.15, 0.2) is 6.23 Å². The normalized spacial score (nSPS) is 29.5. The van der Waals surface area contributed by atoms with Crippen molar-refractivity contribution in [1.82, 2.24) is 9.55 Å². The quantitative estimate of drug-likeness (QED) is 0.552. The van der Waals surface area contributed by atoms with Crippen molar-refractivity contribution in [2.24, 2.45) is 0 Å². The first-order valence-electron chi connectivity index (χ1n) is 4.87. The number of nitrogens with zero attached hydrogens (tertiary/aromatic N) is 1. The average Bonchev–Trinajstić information content (AvgIpc) is 2.60. The summed E-state index contributed by atoms with van der Waals surface area (Å²) >= 11 is 0. The molecule has 2 rings (SSSR count). The Kier molecular flexibility index (Phi) is 2.90. The van der Waals surface area contributed by atoms with Gasteiger partial charge < -0.3 is 14.9 Å². The van der Waals surface area contributed by atoms with E-state index in [0.717, 1.165) is 4.57 Å². The second kappa shape index (κ2) is 4.20. The standard InChI is InChI=1S/C9H12N2O5/c12-4-5-3-6(13)8(16-5)11-2-1-7(14)10-9(11)15/h1-2,5-6,8,12-13H,3-4H2,(H,10,14,15)/t5?,6-,8-/m0/s1. The number of aliphatic hydroxyl groups is 2.